The first kappa shape index (κ1) is 16.0. The van der Waals surface area contributed by atoms with E-state index < -0.39 is 5.79 Å². The Morgan fingerprint density at radius 1 is 1.14 bits per heavy atom. The fraction of sp³-hybridized carbons (Fsp3) is 0.833. The highest BCUT2D eigenvalue weighted by Crippen LogP contribution is 2.60. The number of rotatable bonds is 2. The molecule has 1 spiro atoms. The van der Waals surface area contributed by atoms with E-state index in [0.717, 1.165) is 37.7 Å². The van der Waals surface area contributed by atoms with Gasteiger partial charge in [-0.1, -0.05) is 20.8 Å². The van der Waals surface area contributed by atoms with Crippen LogP contribution in [0.25, 0.3) is 0 Å². The van der Waals surface area contributed by atoms with Crippen LogP contribution in [0.4, 0.5) is 0 Å². The summed E-state index contributed by atoms with van der Waals surface area (Å²) in [6.45, 7) is 10.3. The number of carbonyl (C=O) groups excluding carboxylic acids is 1. The van der Waals surface area contributed by atoms with Crippen LogP contribution in [0.1, 0.15) is 59.8 Å². The molecular formula is C18H28O4. The molecule has 0 aromatic carbocycles. The lowest BCUT2D eigenvalue weighted by Gasteiger charge is -2.50. The minimum Gasteiger partial charge on any atom is -0.463 e. The molecule has 3 rings (SSSR count). The molecule has 0 radical (unpaired) electrons. The molecule has 124 valence electrons. The monoisotopic (exact) mass is 308 g/mol. The lowest BCUT2D eigenvalue weighted by Crippen LogP contribution is -2.55. The molecule has 2 fully saturated rings. The number of esters is 1. The topological polar surface area (TPSA) is 44.8 Å². The molecule has 1 unspecified atom stereocenters. The van der Waals surface area contributed by atoms with Crippen molar-refractivity contribution in [3.05, 3.63) is 11.1 Å². The quantitative estimate of drug-likeness (QED) is 0.731. The van der Waals surface area contributed by atoms with Gasteiger partial charge in [0, 0.05) is 22.8 Å². The second kappa shape index (κ2) is 5.34. The van der Waals surface area contributed by atoms with E-state index in [9.17, 15) is 4.79 Å². The molecule has 1 saturated carbocycles. The van der Waals surface area contributed by atoms with Crippen LogP contribution in [0.2, 0.25) is 0 Å². The Hall–Kier alpha value is -0.870. The van der Waals surface area contributed by atoms with E-state index in [1.165, 1.54) is 5.57 Å². The molecule has 22 heavy (non-hydrogen) atoms. The summed E-state index contributed by atoms with van der Waals surface area (Å²) in [6.07, 6.45) is 4.56. The van der Waals surface area contributed by atoms with Gasteiger partial charge >= 0.3 is 5.97 Å². The van der Waals surface area contributed by atoms with Gasteiger partial charge in [-0.2, -0.15) is 0 Å². The number of fused-ring (bicyclic) bond motifs is 2. The highest BCUT2D eigenvalue weighted by atomic mass is 16.7. The maximum Gasteiger partial charge on any atom is 0.333 e. The van der Waals surface area contributed by atoms with Crippen LogP contribution in [0.3, 0.4) is 0 Å². The minimum atomic E-state index is -0.546. The molecule has 4 heteroatoms. The van der Waals surface area contributed by atoms with Gasteiger partial charge in [-0.25, -0.2) is 4.79 Å². The van der Waals surface area contributed by atoms with Gasteiger partial charge in [0.2, 0.25) is 0 Å². The fourth-order valence-corrected chi connectivity index (χ4v) is 4.28. The summed E-state index contributed by atoms with van der Waals surface area (Å²) < 4.78 is 17.9. The summed E-state index contributed by atoms with van der Waals surface area (Å²) in [6, 6.07) is 0. The third-order valence-corrected chi connectivity index (χ3v) is 5.59. The first-order chi connectivity index (χ1) is 10.3. The van der Waals surface area contributed by atoms with Crippen molar-refractivity contribution in [2.75, 3.05) is 19.8 Å². The van der Waals surface area contributed by atoms with Crippen molar-refractivity contribution in [2.24, 2.45) is 10.8 Å². The average molecular weight is 308 g/mol. The smallest absolute Gasteiger partial charge is 0.333 e. The van der Waals surface area contributed by atoms with Crippen molar-refractivity contribution < 1.29 is 19.0 Å². The van der Waals surface area contributed by atoms with Crippen molar-refractivity contribution >= 4 is 5.97 Å². The Balaban J connectivity index is 1.93. The molecule has 0 bridgehead atoms. The van der Waals surface area contributed by atoms with Gasteiger partial charge in [0.05, 0.1) is 19.8 Å². The molecule has 1 heterocycles. The molecule has 0 aromatic rings. The highest BCUT2D eigenvalue weighted by Gasteiger charge is 2.60. The summed E-state index contributed by atoms with van der Waals surface area (Å²) in [5.74, 6) is -0.688. The summed E-state index contributed by atoms with van der Waals surface area (Å²) in [5, 5.41) is 0. The van der Waals surface area contributed by atoms with Crippen LogP contribution in [0.15, 0.2) is 11.1 Å². The van der Waals surface area contributed by atoms with Gasteiger partial charge in [-0.15, -0.1) is 0 Å². The zero-order valence-corrected chi connectivity index (χ0v) is 14.3. The predicted molar refractivity (Wildman–Crippen MR) is 83.3 cm³/mol. The molecule has 0 aromatic heterocycles. The fourth-order valence-electron chi connectivity index (χ4n) is 4.28. The van der Waals surface area contributed by atoms with Crippen LogP contribution in [-0.2, 0) is 19.0 Å². The van der Waals surface area contributed by atoms with Crippen molar-refractivity contribution in [1.29, 1.82) is 0 Å². The second-order valence-electron chi connectivity index (χ2n) is 7.86. The van der Waals surface area contributed by atoms with Gasteiger partial charge in [0.15, 0.2) is 5.79 Å². The van der Waals surface area contributed by atoms with Gasteiger partial charge in [-0.05, 0) is 38.2 Å². The van der Waals surface area contributed by atoms with Gasteiger partial charge in [-0.3, -0.25) is 0 Å². The normalized spacial score (nSPS) is 32.9. The van der Waals surface area contributed by atoms with Crippen molar-refractivity contribution in [3.63, 3.8) is 0 Å². The van der Waals surface area contributed by atoms with E-state index in [1.807, 2.05) is 6.92 Å². The molecular weight excluding hydrogens is 280 g/mol. The molecule has 0 amide bonds. The van der Waals surface area contributed by atoms with E-state index >= 15 is 0 Å². The van der Waals surface area contributed by atoms with Gasteiger partial charge < -0.3 is 14.2 Å². The molecule has 2 aliphatic carbocycles. The van der Waals surface area contributed by atoms with Crippen LogP contribution >= 0.6 is 0 Å². The SMILES string of the molecule is CCOC(=O)C1=C2CCC3(OCC(C)(C)CO3)C2(C)CCC1. The second-order valence-corrected chi connectivity index (χ2v) is 7.86. The lowest BCUT2D eigenvalue weighted by molar-refractivity contribution is -0.332. The highest BCUT2D eigenvalue weighted by molar-refractivity contribution is 5.90. The zero-order chi connectivity index (χ0) is 16.0. The number of carbonyl (C=O) groups is 1. The Bertz CT molecular complexity index is 495. The lowest BCUT2D eigenvalue weighted by atomic mass is 9.69. The Kier molecular flexibility index (Phi) is 3.89. The summed E-state index contributed by atoms with van der Waals surface area (Å²) in [4.78, 5) is 12.3. The number of hydrogen-bond donors (Lipinski definition) is 0. The standard InChI is InChI=1S/C18H28O4/c1-5-20-15(19)13-7-6-9-17(4)14(13)8-10-18(17)21-11-16(2,3)12-22-18/h5-12H2,1-4H3. The van der Waals surface area contributed by atoms with Crippen molar-refractivity contribution in [2.45, 2.75) is 65.6 Å². The van der Waals surface area contributed by atoms with Crippen LogP contribution in [0.5, 0.6) is 0 Å². The van der Waals surface area contributed by atoms with Crippen LogP contribution in [-0.4, -0.2) is 31.6 Å². The van der Waals surface area contributed by atoms with E-state index in [1.54, 1.807) is 0 Å². The molecule has 4 nitrogen and oxygen atoms in total. The van der Waals surface area contributed by atoms with Crippen molar-refractivity contribution in [1.82, 2.24) is 0 Å². The minimum absolute atomic E-state index is 0.0622. The molecule has 1 aliphatic heterocycles. The Labute approximate surface area is 133 Å². The summed E-state index contributed by atoms with van der Waals surface area (Å²) in [7, 11) is 0. The van der Waals surface area contributed by atoms with Gasteiger partial charge in [0.25, 0.3) is 0 Å². The van der Waals surface area contributed by atoms with Crippen LogP contribution < -0.4 is 0 Å². The first-order valence-electron chi connectivity index (χ1n) is 8.51. The largest absolute Gasteiger partial charge is 0.463 e. The predicted octanol–water partition coefficient (Wildman–Crippen LogP) is 3.60. The number of ether oxygens (including phenoxy) is 3. The van der Waals surface area contributed by atoms with Crippen LogP contribution in [0, 0.1) is 10.8 Å². The van der Waals surface area contributed by atoms with Crippen molar-refractivity contribution in [3.8, 4) is 0 Å². The first-order valence-corrected chi connectivity index (χ1v) is 8.51. The zero-order valence-electron chi connectivity index (χ0n) is 14.3. The molecule has 1 atom stereocenters. The summed E-state index contributed by atoms with van der Waals surface area (Å²) >= 11 is 0. The van der Waals surface area contributed by atoms with E-state index in [-0.39, 0.29) is 16.8 Å². The van der Waals surface area contributed by atoms with Gasteiger partial charge in [0.1, 0.15) is 0 Å². The number of hydrogen-bond acceptors (Lipinski definition) is 4. The van der Waals surface area contributed by atoms with E-state index in [4.69, 9.17) is 14.2 Å². The molecule has 3 aliphatic rings. The molecule has 0 N–H and O–H groups in total. The average Bonchev–Trinajstić information content (AvgIpc) is 2.76. The Morgan fingerprint density at radius 3 is 2.45 bits per heavy atom. The maximum absolute atomic E-state index is 12.3. The third-order valence-electron chi connectivity index (χ3n) is 5.59. The van der Waals surface area contributed by atoms with E-state index in [2.05, 4.69) is 20.8 Å². The maximum atomic E-state index is 12.3. The Morgan fingerprint density at radius 2 is 1.82 bits per heavy atom. The van der Waals surface area contributed by atoms with E-state index in [0.29, 0.717) is 19.8 Å². The summed E-state index contributed by atoms with van der Waals surface area (Å²) in [5.41, 5.74) is 1.97. The third kappa shape index (κ3) is 2.31. The molecule has 1 saturated heterocycles.